The molecule has 2 fully saturated rings. The summed E-state index contributed by atoms with van der Waals surface area (Å²) in [6.45, 7) is 2.42. The number of hydrogen-bond donors (Lipinski definition) is 1. The van der Waals surface area contributed by atoms with Crippen LogP contribution in [-0.4, -0.2) is 37.0 Å². The number of amides is 1. The van der Waals surface area contributed by atoms with Gasteiger partial charge in [0.05, 0.1) is 0 Å². The molecule has 1 unspecified atom stereocenters. The van der Waals surface area contributed by atoms with Crippen LogP contribution in [-0.2, 0) is 0 Å². The van der Waals surface area contributed by atoms with E-state index in [2.05, 4.69) is 17.3 Å². The summed E-state index contributed by atoms with van der Waals surface area (Å²) < 4.78 is 0. The van der Waals surface area contributed by atoms with Crippen LogP contribution in [0.2, 0.25) is 5.02 Å². The van der Waals surface area contributed by atoms with E-state index in [0.29, 0.717) is 16.6 Å². The lowest BCUT2D eigenvalue weighted by Gasteiger charge is -2.42. The molecule has 1 N–H and O–H groups in total. The number of nitrogens with zero attached hydrogens (tertiary/aromatic N) is 1. The van der Waals surface area contributed by atoms with Gasteiger partial charge in [0.1, 0.15) is 0 Å². The maximum absolute atomic E-state index is 12.3. The Morgan fingerprint density at radius 3 is 2.71 bits per heavy atom. The highest BCUT2D eigenvalue weighted by molar-refractivity contribution is 6.30. The summed E-state index contributed by atoms with van der Waals surface area (Å²) in [7, 11) is 2.21. The minimum absolute atomic E-state index is 0.0306. The zero-order valence-electron chi connectivity index (χ0n) is 12.5. The Bertz CT molecular complexity index is 502. The smallest absolute Gasteiger partial charge is 0.251 e. The highest BCUT2D eigenvalue weighted by atomic mass is 35.5. The predicted octanol–water partition coefficient (Wildman–Crippen LogP) is 3.19. The van der Waals surface area contributed by atoms with Gasteiger partial charge in [-0.25, -0.2) is 0 Å². The van der Waals surface area contributed by atoms with E-state index in [9.17, 15) is 4.79 Å². The highest BCUT2D eigenvalue weighted by Gasteiger charge is 2.34. The first-order valence-corrected chi connectivity index (χ1v) is 8.24. The fraction of sp³-hybridized carbons (Fsp3) is 0.588. The Hall–Kier alpha value is -1.06. The third kappa shape index (κ3) is 3.58. The number of hydrogen-bond acceptors (Lipinski definition) is 2. The molecule has 2 aliphatic rings. The molecule has 21 heavy (non-hydrogen) atoms. The van der Waals surface area contributed by atoms with Crippen LogP contribution < -0.4 is 5.32 Å². The molecule has 3 atom stereocenters. The average molecular weight is 307 g/mol. The van der Waals surface area contributed by atoms with Crippen LogP contribution in [0, 0.1) is 11.8 Å². The molecule has 1 aromatic rings. The zero-order valence-corrected chi connectivity index (χ0v) is 13.3. The molecule has 3 nitrogen and oxygen atoms in total. The largest absolute Gasteiger partial charge is 0.349 e. The van der Waals surface area contributed by atoms with Gasteiger partial charge in [-0.3, -0.25) is 4.79 Å². The molecular formula is C17H23ClN2O. The number of rotatable bonds is 2. The van der Waals surface area contributed by atoms with E-state index in [-0.39, 0.29) is 5.91 Å². The fourth-order valence-corrected chi connectivity index (χ4v) is 3.93. The van der Waals surface area contributed by atoms with Crippen molar-refractivity contribution in [1.29, 1.82) is 0 Å². The van der Waals surface area contributed by atoms with Gasteiger partial charge in [0.2, 0.25) is 0 Å². The van der Waals surface area contributed by atoms with Crippen LogP contribution in [0.5, 0.6) is 0 Å². The minimum Gasteiger partial charge on any atom is -0.349 e. The van der Waals surface area contributed by atoms with Gasteiger partial charge in [-0.05, 0) is 75.4 Å². The fourth-order valence-electron chi connectivity index (χ4n) is 3.80. The second-order valence-corrected chi connectivity index (χ2v) is 7.00. The number of fused-ring (bicyclic) bond motifs is 1. The number of carbonyl (C=O) groups excluding carboxylic acids is 1. The second-order valence-electron chi connectivity index (χ2n) is 6.56. The van der Waals surface area contributed by atoms with Crippen molar-refractivity contribution in [3.63, 3.8) is 0 Å². The van der Waals surface area contributed by atoms with Gasteiger partial charge in [0.25, 0.3) is 5.91 Å². The predicted molar refractivity (Wildman–Crippen MR) is 85.7 cm³/mol. The van der Waals surface area contributed by atoms with E-state index < -0.39 is 0 Å². The topological polar surface area (TPSA) is 32.3 Å². The molecule has 1 saturated carbocycles. The van der Waals surface area contributed by atoms with E-state index in [0.717, 1.165) is 24.7 Å². The van der Waals surface area contributed by atoms with Gasteiger partial charge in [-0.15, -0.1) is 0 Å². The molecule has 3 rings (SSSR count). The van der Waals surface area contributed by atoms with E-state index >= 15 is 0 Å². The number of carbonyl (C=O) groups is 1. The molecule has 1 aliphatic heterocycles. The Balaban J connectivity index is 1.56. The molecule has 1 aromatic carbocycles. The third-order valence-electron chi connectivity index (χ3n) is 5.01. The molecular weight excluding hydrogens is 284 g/mol. The Kier molecular flexibility index (Phi) is 4.51. The summed E-state index contributed by atoms with van der Waals surface area (Å²) in [4.78, 5) is 14.7. The molecule has 114 valence electrons. The Morgan fingerprint density at radius 2 is 1.95 bits per heavy atom. The first-order valence-electron chi connectivity index (χ1n) is 7.87. The van der Waals surface area contributed by atoms with Crippen molar-refractivity contribution in [1.82, 2.24) is 10.2 Å². The van der Waals surface area contributed by atoms with Crippen LogP contribution in [0.3, 0.4) is 0 Å². The Morgan fingerprint density at radius 1 is 1.19 bits per heavy atom. The normalized spacial score (nSPS) is 29.7. The molecule has 1 saturated heterocycles. The van der Waals surface area contributed by atoms with Crippen molar-refractivity contribution in [2.24, 2.45) is 11.8 Å². The Labute approximate surface area is 131 Å². The summed E-state index contributed by atoms with van der Waals surface area (Å²) in [6.07, 6.45) is 4.75. The van der Waals surface area contributed by atoms with Crippen LogP contribution in [0.1, 0.15) is 36.0 Å². The summed E-state index contributed by atoms with van der Waals surface area (Å²) in [6, 6.07) is 7.45. The van der Waals surface area contributed by atoms with E-state index in [1.165, 1.54) is 25.9 Å². The molecule has 0 spiro atoms. The number of nitrogens with one attached hydrogen (secondary N) is 1. The molecule has 0 aromatic heterocycles. The van der Waals surface area contributed by atoms with E-state index in [1.807, 2.05) is 0 Å². The van der Waals surface area contributed by atoms with Crippen LogP contribution in [0.15, 0.2) is 24.3 Å². The van der Waals surface area contributed by atoms with Gasteiger partial charge < -0.3 is 10.2 Å². The highest BCUT2D eigenvalue weighted by Crippen LogP contribution is 2.35. The SMILES string of the molecule is CN1CC[C@H]2CC(NC(=O)c3ccc(Cl)cc3)CC[C@H]2C1. The van der Waals surface area contributed by atoms with Crippen molar-refractivity contribution >= 4 is 17.5 Å². The standard InChI is InChI=1S/C17H23ClN2O/c1-20-9-8-13-10-16(7-4-14(13)11-20)19-17(21)12-2-5-15(18)6-3-12/h2-3,5-6,13-14,16H,4,7-11H2,1H3,(H,19,21)/t13-,14-,16?/m0/s1. The van der Waals surface area contributed by atoms with E-state index in [4.69, 9.17) is 11.6 Å². The summed E-state index contributed by atoms with van der Waals surface area (Å²) in [5.74, 6) is 1.64. The first kappa shape index (κ1) is 14.9. The van der Waals surface area contributed by atoms with Crippen molar-refractivity contribution in [3.05, 3.63) is 34.9 Å². The lowest BCUT2D eigenvalue weighted by Crippen LogP contribution is -2.46. The molecule has 1 heterocycles. The van der Waals surface area contributed by atoms with Crippen molar-refractivity contribution in [2.75, 3.05) is 20.1 Å². The molecule has 1 amide bonds. The maximum Gasteiger partial charge on any atom is 0.251 e. The van der Waals surface area contributed by atoms with E-state index in [1.54, 1.807) is 24.3 Å². The number of halogens is 1. The summed E-state index contributed by atoms with van der Waals surface area (Å²) >= 11 is 5.86. The molecule has 0 radical (unpaired) electrons. The number of benzene rings is 1. The second kappa shape index (κ2) is 6.37. The van der Waals surface area contributed by atoms with Gasteiger partial charge in [0.15, 0.2) is 0 Å². The van der Waals surface area contributed by atoms with Gasteiger partial charge in [0, 0.05) is 23.2 Å². The van der Waals surface area contributed by atoms with Gasteiger partial charge >= 0.3 is 0 Å². The van der Waals surface area contributed by atoms with Gasteiger partial charge in [-0.1, -0.05) is 11.6 Å². The third-order valence-corrected chi connectivity index (χ3v) is 5.26. The van der Waals surface area contributed by atoms with Crippen LogP contribution in [0.25, 0.3) is 0 Å². The first-order chi connectivity index (χ1) is 10.1. The maximum atomic E-state index is 12.3. The van der Waals surface area contributed by atoms with Crippen molar-refractivity contribution in [2.45, 2.75) is 31.7 Å². The number of piperidine rings is 1. The molecule has 0 bridgehead atoms. The lowest BCUT2D eigenvalue weighted by molar-refractivity contribution is 0.0771. The van der Waals surface area contributed by atoms with Crippen molar-refractivity contribution in [3.8, 4) is 0 Å². The zero-order chi connectivity index (χ0) is 14.8. The lowest BCUT2D eigenvalue weighted by atomic mass is 9.73. The average Bonchev–Trinajstić information content (AvgIpc) is 2.48. The minimum atomic E-state index is 0.0306. The number of likely N-dealkylation sites (tertiary alicyclic amines) is 1. The van der Waals surface area contributed by atoms with Crippen molar-refractivity contribution < 1.29 is 4.79 Å². The summed E-state index contributed by atoms with van der Waals surface area (Å²) in [5, 5.41) is 3.87. The monoisotopic (exact) mass is 306 g/mol. The quantitative estimate of drug-likeness (QED) is 0.910. The van der Waals surface area contributed by atoms with Gasteiger partial charge in [-0.2, -0.15) is 0 Å². The van der Waals surface area contributed by atoms with Crippen LogP contribution >= 0.6 is 11.6 Å². The molecule has 1 aliphatic carbocycles. The molecule has 4 heteroatoms. The summed E-state index contributed by atoms with van der Waals surface area (Å²) in [5.41, 5.74) is 0.699. The van der Waals surface area contributed by atoms with Crippen LogP contribution in [0.4, 0.5) is 0 Å².